The standard InChI is InChI=1S/2C2H4O2.Co/c2*1-2(3)4;/h2*1H3,(H,3,4);/q;;+2/p-1. The van der Waals surface area contributed by atoms with E-state index in [-0.39, 0.29) is 18.2 Å². The molecular formula is C4H7CoO4+. The van der Waals surface area contributed by atoms with Gasteiger partial charge in [-0.05, 0) is 13.8 Å². The fourth-order valence-corrected chi connectivity index (χ4v) is 0. The summed E-state index contributed by atoms with van der Waals surface area (Å²) in [5.41, 5.74) is 0. The molecule has 5 heteroatoms. The van der Waals surface area contributed by atoms with E-state index in [1.165, 1.54) is 0 Å². The number of hydrogen-bond acceptors (Lipinski definition) is 4. The maximum atomic E-state index is 8.89. The Morgan fingerprint density at radius 1 is 1.11 bits per heavy atom. The van der Waals surface area contributed by atoms with Crippen molar-refractivity contribution in [3.05, 3.63) is 0 Å². The first-order chi connectivity index (χ1) is 3.46. The molecule has 0 heterocycles. The summed E-state index contributed by atoms with van der Waals surface area (Å²) in [6, 6.07) is 0. The van der Waals surface area contributed by atoms with E-state index < -0.39 is 11.9 Å². The third kappa shape index (κ3) is 721. The van der Waals surface area contributed by atoms with E-state index >= 15 is 0 Å². The minimum atomic E-state index is -1.08. The van der Waals surface area contributed by atoms with Gasteiger partial charge in [-0.25, -0.2) is 0 Å². The molecule has 1 radical (unpaired) electrons. The Kier molecular flexibility index (Phi) is 18.3. The number of aliphatic carboxylic acids is 2. The van der Waals surface area contributed by atoms with Crippen molar-refractivity contribution in [3.63, 3.8) is 0 Å². The zero-order valence-electron chi connectivity index (χ0n) is 5.97. The van der Waals surface area contributed by atoms with Gasteiger partial charge in [0.25, 0.3) is 0 Å². The average molecular weight is 178 g/mol. The number of rotatable bonds is 0. The molecular weight excluding hydrogens is 171 g/mol. The van der Waals surface area contributed by atoms with Crippen LogP contribution in [0, 0.1) is 0 Å². The molecule has 0 fully saturated rings. The second-order valence-corrected chi connectivity index (χ2v) is 0.983. The summed E-state index contributed by atoms with van der Waals surface area (Å²) >= 11 is 0. The van der Waals surface area contributed by atoms with Crippen LogP contribution >= 0.6 is 0 Å². The number of carboxylic acids is 2. The van der Waals surface area contributed by atoms with Crippen LogP contribution in [-0.4, -0.2) is 11.9 Å². The van der Waals surface area contributed by atoms with E-state index in [1.807, 2.05) is 0 Å². The molecule has 0 saturated carbocycles. The Bertz CT molecular complexity index is 75.3. The summed E-state index contributed by atoms with van der Waals surface area (Å²) in [4.78, 5) is 17.8. The molecule has 0 aliphatic carbocycles. The quantitative estimate of drug-likeness (QED) is 0.415. The largest absolute Gasteiger partial charge is 2.00 e. The van der Waals surface area contributed by atoms with E-state index in [0.717, 1.165) is 13.8 Å². The first kappa shape index (κ1) is 15.8. The number of carboxylic acid groups (broad SMARTS) is 2. The molecule has 0 rings (SSSR count). The predicted octanol–water partition coefficient (Wildman–Crippen LogP) is -2.38. The summed E-state index contributed by atoms with van der Waals surface area (Å²) in [5, 5.41) is 17.8. The number of carbonyl (C=O) groups excluding carboxylic acids is 2. The molecule has 0 amide bonds. The van der Waals surface area contributed by atoms with Crippen LogP contribution in [0.2, 0.25) is 0 Å². The zero-order valence-corrected chi connectivity index (χ0v) is 6.01. The Labute approximate surface area is 64.6 Å². The van der Waals surface area contributed by atoms with Crippen LogP contribution in [0.1, 0.15) is 15.3 Å². The van der Waals surface area contributed by atoms with E-state index in [2.05, 4.69) is 0 Å². The Hall–Kier alpha value is -0.554. The molecule has 0 N–H and O–H groups in total. The monoisotopic (exact) mass is 178 g/mol. The summed E-state index contributed by atoms with van der Waals surface area (Å²) in [6.07, 6.45) is 0. The van der Waals surface area contributed by atoms with Crippen molar-refractivity contribution in [1.82, 2.24) is 0 Å². The molecule has 0 aliphatic heterocycles. The predicted molar refractivity (Wildman–Crippen MR) is 22.5 cm³/mol. The first-order valence-corrected chi connectivity index (χ1v) is 1.82. The van der Waals surface area contributed by atoms with Gasteiger partial charge in [-0.1, -0.05) is 0 Å². The Balaban J connectivity index is -0.0000000300. The van der Waals surface area contributed by atoms with Crippen LogP contribution in [0.5, 0.6) is 0 Å². The van der Waals surface area contributed by atoms with Gasteiger partial charge in [0.1, 0.15) is 0 Å². The normalized spacial score (nSPS) is 5.56. The van der Waals surface area contributed by atoms with Crippen molar-refractivity contribution in [2.24, 2.45) is 0 Å². The molecule has 0 aromatic heterocycles. The molecule has 0 aromatic carbocycles. The van der Waals surface area contributed by atoms with Crippen molar-refractivity contribution in [2.75, 3.05) is 0 Å². The van der Waals surface area contributed by atoms with E-state index in [9.17, 15) is 0 Å². The SMILES string of the molecule is CC(=O)[O-].CC(=O)[O-].[Co+2].[H+]. The van der Waals surface area contributed by atoms with Gasteiger partial charge in [-0.3, -0.25) is 0 Å². The maximum Gasteiger partial charge on any atom is 2.00 e. The second-order valence-electron chi connectivity index (χ2n) is 0.983. The van der Waals surface area contributed by atoms with Crippen molar-refractivity contribution >= 4 is 11.9 Å². The molecule has 0 aromatic rings. The number of carbonyl (C=O) groups is 2. The fraction of sp³-hybridized carbons (Fsp3) is 0.500. The van der Waals surface area contributed by atoms with E-state index in [1.54, 1.807) is 0 Å². The first-order valence-electron chi connectivity index (χ1n) is 1.82. The topological polar surface area (TPSA) is 80.3 Å². The van der Waals surface area contributed by atoms with Crippen LogP contribution in [0.4, 0.5) is 0 Å². The third-order valence-corrected chi connectivity index (χ3v) is 0. The van der Waals surface area contributed by atoms with E-state index in [4.69, 9.17) is 19.8 Å². The van der Waals surface area contributed by atoms with Crippen LogP contribution in [-0.2, 0) is 26.4 Å². The van der Waals surface area contributed by atoms with Crippen LogP contribution in [0.25, 0.3) is 0 Å². The Morgan fingerprint density at radius 3 is 1.11 bits per heavy atom. The third-order valence-electron chi connectivity index (χ3n) is 0. The fourth-order valence-electron chi connectivity index (χ4n) is 0. The van der Waals surface area contributed by atoms with Gasteiger partial charge in [0.15, 0.2) is 0 Å². The smallest absolute Gasteiger partial charge is 0.550 e. The van der Waals surface area contributed by atoms with E-state index in [0.29, 0.717) is 0 Å². The van der Waals surface area contributed by atoms with Crippen molar-refractivity contribution in [3.8, 4) is 0 Å². The van der Waals surface area contributed by atoms with Crippen LogP contribution < -0.4 is 10.2 Å². The molecule has 0 aliphatic rings. The molecule has 55 valence electrons. The van der Waals surface area contributed by atoms with Gasteiger partial charge >= 0.3 is 18.2 Å². The van der Waals surface area contributed by atoms with Gasteiger partial charge in [-0.15, -0.1) is 0 Å². The molecule has 0 bridgehead atoms. The van der Waals surface area contributed by atoms with Gasteiger partial charge < -0.3 is 19.8 Å². The molecule has 0 saturated heterocycles. The number of hydrogen-bond donors (Lipinski definition) is 0. The van der Waals surface area contributed by atoms with Crippen molar-refractivity contribution < 1.29 is 38.0 Å². The molecule has 0 spiro atoms. The summed E-state index contributed by atoms with van der Waals surface area (Å²) in [6.45, 7) is 1.94. The average Bonchev–Trinajstić information content (AvgIpc) is 1.25. The van der Waals surface area contributed by atoms with Crippen LogP contribution in [0.15, 0.2) is 0 Å². The molecule has 9 heavy (non-hydrogen) atoms. The second kappa shape index (κ2) is 10.4. The summed E-state index contributed by atoms with van der Waals surface area (Å²) in [7, 11) is 0. The van der Waals surface area contributed by atoms with Crippen molar-refractivity contribution in [1.29, 1.82) is 0 Å². The molecule has 4 nitrogen and oxygen atoms in total. The van der Waals surface area contributed by atoms with Crippen LogP contribution in [0.3, 0.4) is 0 Å². The zero-order chi connectivity index (χ0) is 7.15. The van der Waals surface area contributed by atoms with Gasteiger partial charge in [0.2, 0.25) is 0 Å². The Morgan fingerprint density at radius 2 is 1.11 bits per heavy atom. The minimum Gasteiger partial charge on any atom is -0.550 e. The molecule has 0 unspecified atom stereocenters. The van der Waals surface area contributed by atoms with Crippen molar-refractivity contribution in [2.45, 2.75) is 13.8 Å². The summed E-state index contributed by atoms with van der Waals surface area (Å²) in [5.74, 6) is -2.17. The van der Waals surface area contributed by atoms with Gasteiger partial charge in [0, 0.05) is 11.9 Å². The van der Waals surface area contributed by atoms with Gasteiger partial charge in [-0.2, -0.15) is 0 Å². The van der Waals surface area contributed by atoms with Gasteiger partial charge in [0.05, 0.1) is 0 Å². The maximum absolute atomic E-state index is 8.89. The minimum absolute atomic E-state index is 0. The molecule has 0 atom stereocenters. The summed E-state index contributed by atoms with van der Waals surface area (Å²) < 4.78 is 0.